The maximum absolute atomic E-state index is 12.4. The molecule has 8 heteroatoms. The van der Waals surface area contributed by atoms with Gasteiger partial charge in [-0.2, -0.15) is 13.9 Å². The molecular formula is C12H11F2N3O2S. The molecule has 0 saturated carbocycles. The third-order valence-corrected chi connectivity index (χ3v) is 3.31. The minimum Gasteiger partial charge on any atom is -0.320 e. The van der Waals surface area contributed by atoms with Crippen molar-refractivity contribution in [1.82, 2.24) is 5.43 Å². The van der Waals surface area contributed by atoms with Gasteiger partial charge in [-0.05, 0) is 12.1 Å². The summed E-state index contributed by atoms with van der Waals surface area (Å²) in [6.07, 6.45) is 0.404. The topological polar surface area (TPSA) is 70.6 Å². The Bertz CT molecular complexity index is 563. The predicted molar refractivity (Wildman–Crippen MR) is 71.7 cm³/mol. The lowest BCUT2D eigenvalue weighted by molar-refractivity contribution is -0.121. The quantitative estimate of drug-likeness (QED) is 0.837. The van der Waals surface area contributed by atoms with Crippen molar-refractivity contribution in [3.05, 3.63) is 24.3 Å². The molecule has 1 aliphatic rings. The van der Waals surface area contributed by atoms with E-state index in [1.807, 2.05) is 0 Å². The Labute approximate surface area is 117 Å². The number of alkyl halides is 2. The molecule has 0 aliphatic carbocycles. The molecular weight excluding hydrogens is 288 g/mol. The Hall–Kier alpha value is -1.96. The van der Waals surface area contributed by atoms with Gasteiger partial charge in [0.15, 0.2) is 0 Å². The van der Waals surface area contributed by atoms with Gasteiger partial charge >= 0.3 is 0 Å². The van der Waals surface area contributed by atoms with E-state index in [2.05, 4.69) is 15.8 Å². The van der Waals surface area contributed by atoms with Crippen LogP contribution >= 0.6 is 11.8 Å². The van der Waals surface area contributed by atoms with E-state index in [1.54, 1.807) is 12.1 Å². The third kappa shape index (κ3) is 3.77. The summed E-state index contributed by atoms with van der Waals surface area (Å²) < 4.78 is 24.8. The molecule has 0 aromatic heterocycles. The average molecular weight is 299 g/mol. The van der Waals surface area contributed by atoms with Crippen LogP contribution in [0.1, 0.15) is 12.8 Å². The van der Waals surface area contributed by atoms with Gasteiger partial charge in [0.2, 0.25) is 5.91 Å². The lowest BCUT2D eigenvalue weighted by Gasteiger charge is -2.13. The number of nitrogens with zero attached hydrogens (tertiary/aromatic N) is 1. The number of thioether (sulfide) groups is 1. The fraction of sp³-hybridized carbons (Fsp3) is 0.250. The maximum atomic E-state index is 12.4. The van der Waals surface area contributed by atoms with E-state index in [4.69, 9.17) is 0 Å². The van der Waals surface area contributed by atoms with Crippen molar-refractivity contribution in [1.29, 1.82) is 0 Å². The van der Waals surface area contributed by atoms with E-state index in [0.29, 0.717) is 17.4 Å². The molecule has 0 radical (unpaired) electrons. The van der Waals surface area contributed by atoms with Crippen molar-refractivity contribution >= 4 is 35.0 Å². The first-order valence-corrected chi connectivity index (χ1v) is 6.65. The van der Waals surface area contributed by atoms with E-state index < -0.39 is 11.7 Å². The van der Waals surface area contributed by atoms with E-state index in [-0.39, 0.29) is 29.4 Å². The molecule has 0 atom stereocenters. The van der Waals surface area contributed by atoms with Crippen LogP contribution in [0.3, 0.4) is 0 Å². The largest absolute Gasteiger partial charge is 0.320 e. The molecule has 106 valence electrons. The molecule has 1 aromatic rings. The zero-order chi connectivity index (χ0) is 14.5. The van der Waals surface area contributed by atoms with Crippen LogP contribution in [-0.4, -0.2) is 23.3 Å². The van der Waals surface area contributed by atoms with Gasteiger partial charge in [0, 0.05) is 17.7 Å². The minimum absolute atomic E-state index is 0.168. The minimum atomic E-state index is -2.57. The Kier molecular flexibility index (Phi) is 4.67. The zero-order valence-electron chi connectivity index (χ0n) is 10.2. The van der Waals surface area contributed by atoms with Gasteiger partial charge in [-0.15, -0.1) is 0 Å². The van der Waals surface area contributed by atoms with Crippen LogP contribution in [0.2, 0.25) is 0 Å². The zero-order valence-corrected chi connectivity index (χ0v) is 11.0. The summed E-state index contributed by atoms with van der Waals surface area (Å²) in [7, 11) is 0. The highest BCUT2D eigenvalue weighted by Crippen LogP contribution is 2.31. The van der Waals surface area contributed by atoms with Gasteiger partial charge in [0.1, 0.15) is 5.71 Å². The number of anilines is 1. The average Bonchev–Trinajstić information content (AvgIpc) is 2.41. The highest BCUT2D eigenvalue weighted by molar-refractivity contribution is 7.99. The first kappa shape index (κ1) is 14.4. The second-order valence-corrected chi connectivity index (χ2v) is 4.95. The van der Waals surface area contributed by atoms with Gasteiger partial charge in [-0.3, -0.25) is 9.59 Å². The van der Waals surface area contributed by atoms with Crippen LogP contribution in [0, 0.1) is 0 Å². The normalized spacial score (nSPS) is 14.8. The van der Waals surface area contributed by atoms with Crippen LogP contribution in [0.5, 0.6) is 0 Å². The number of rotatable bonds is 4. The molecule has 2 N–H and O–H groups in total. The van der Waals surface area contributed by atoms with Crippen molar-refractivity contribution in [2.45, 2.75) is 23.5 Å². The smallest absolute Gasteiger partial charge is 0.288 e. The van der Waals surface area contributed by atoms with Crippen LogP contribution in [0.4, 0.5) is 14.5 Å². The molecule has 0 bridgehead atoms. The van der Waals surface area contributed by atoms with Gasteiger partial charge in [-0.1, -0.05) is 23.9 Å². The molecule has 0 unspecified atom stereocenters. The first-order chi connectivity index (χ1) is 9.56. The lowest BCUT2D eigenvalue weighted by Crippen LogP contribution is -2.32. The number of amides is 2. The number of para-hydroxylation sites is 1. The second kappa shape index (κ2) is 6.47. The molecule has 0 fully saturated rings. The van der Waals surface area contributed by atoms with Gasteiger partial charge in [0.25, 0.3) is 11.7 Å². The fourth-order valence-electron chi connectivity index (χ4n) is 1.60. The molecule has 0 saturated heterocycles. The van der Waals surface area contributed by atoms with Crippen LogP contribution in [-0.2, 0) is 9.59 Å². The summed E-state index contributed by atoms with van der Waals surface area (Å²) in [5.74, 6) is -3.33. The van der Waals surface area contributed by atoms with Gasteiger partial charge in [0.05, 0.1) is 5.69 Å². The van der Waals surface area contributed by atoms with Crippen LogP contribution in [0.25, 0.3) is 0 Å². The Morgan fingerprint density at radius 1 is 1.35 bits per heavy atom. The van der Waals surface area contributed by atoms with Crippen LogP contribution in [0.15, 0.2) is 34.3 Å². The number of hydrazone groups is 1. The summed E-state index contributed by atoms with van der Waals surface area (Å²) >= 11 is 0.356. The van der Waals surface area contributed by atoms with Crippen molar-refractivity contribution in [3.8, 4) is 0 Å². The number of hydrogen-bond donors (Lipinski definition) is 2. The van der Waals surface area contributed by atoms with E-state index in [1.165, 1.54) is 12.1 Å². The summed E-state index contributed by atoms with van der Waals surface area (Å²) in [6.45, 7) is 0. The Balaban J connectivity index is 2.10. The van der Waals surface area contributed by atoms with E-state index in [9.17, 15) is 18.4 Å². The number of halogens is 2. The molecule has 1 heterocycles. The highest BCUT2D eigenvalue weighted by Gasteiger charge is 2.19. The maximum Gasteiger partial charge on any atom is 0.288 e. The van der Waals surface area contributed by atoms with E-state index in [0.717, 1.165) is 0 Å². The van der Waals surface area contributed by atoms with Crippen LogP contribution < -0.4 is 10.7 Å². The lowest BCUT2D eigenvalue weighted by atomic mass is 10.1. The molecule has 20 heavy (non-hydrogen) atoms. The van der Waals surface area contributed by atoms with Crippen molar-refractivity contribution in [3.63, 3.8) is 0 Å². The van der Waals surface area contributed by atoms with E-state index >= 15 is 0 Å². The van der Waals surface area contributed by atoms with Gasteiger partial charge in [-0.25, -0.2) is 5.43 Å². The highest BCUT2D eigenvalue weighted by atomic mass is 32.2. The second-order valence-electron chi connectivity index (χ2n) is 3.92. The Morgan fingerprint density at radius 2 is 2.10 bits per heavy atom. The molecule has 0 spiro atoms. The third-order valence-electron chi connectivity index (χ3n) is 2.52. The molecule has 2 amide bonds. The van der Waals surface area contributed by atoms with Gasteiger partial charge < -0.3 is 5.32 Å². The number of carbonyl (C=O) groups excluding carboxylic acids is 2. The standard InChI is InChI=1S/C12H11F2N3O2S/c13-12(14)20-9-4-2-1-3-7(9)15-11(19)8-5-6-10(18)17-16-8/h1-4,12H,5-6H2,(H,15,19)(H,17,18). The number of benzene rings is 1. The van der Waals surface area contributed by atoms with Crippen molar-refractivity contribution in [2.24, 2.45) is 5.10 Å². The molecule has 1 aliphatic heterocycles. The van der Waals surface area contributed by atoms with Crippen molar-refractivity contribution < 1.29 is 18.4 Å². The number of nitrogens with one attached hydrogen (secondary N) is 2. The molecule has 5 nitrogen and oxygen atoms in total. The Morgan fingerprint density at radius 3 is 2.75 bits per heavy atom. The van der Waals surface area contributed by atoms with Crippen molar-refractivity contribution in [2.75, 3.05) is 5.32 Å². The molecule has 1 aromatic carbocycles. The molecule has 2 rings (SSSR count). The first-order valence-electron chi connectivity index (χ1n) is 5.77. The number of carbonyl (C=O) groups is 2. The predicted octanol–water partition coefficient (Wildman–Crippen LogP) is 2.21. The summed E-state index contributed by atoms with van der Waals surface area (Å²) in [5, 5.41) is 6.17. The summed E-state index contributed by atoms with van der Waals surface area (Å²) in [4.78, 5) is 23.1. The summed E-state index contributed by atoms with van der Waals surface area (Å²) in [6, 6.07) is 6.27. The summed E-state index contributed by atoms with van der Waals surface area (Å²) in [5.41, 5.74) is 2.67. The monoisotopic (exact) mass is 299 g/mol. The number of hydrogen-bond acceptors (Lipinski definition) is 4. The SMILES string of the molecule is O=C1CCC(C(=O)Nc2ccccc2SC(F)F)=NN1. The fourth-order valence-corrected chi connectivity index (χ4v) is 2.20.